The standard InChI is InChI=1S/C12H19F4N3S3/c13-10-2-4-11(5-3-10)17-6-7-18-20-8-1-9-21-19-22-12(14,15)16/h2,4,10,18-19H,1,3,5-9H2. The highest BCUT2D eigenvalue weighted by Crippen LogP contribution is 2.28. The molecule has 0 amide bonds. The average molecular weight is 377 g/mol. The quantitative estimate of drug-likeness (QED) is 0.340. The summed E-state index contributed by atoms with van der Waals surface area (Å²) in [5.41, 5.74) is -3.30. The first-order valence-electron chi connectivity index (χ1n) is 6.79. The molecule has 0 bridgehead atoms. The van der Waals surface area contributed by atoms with Crippen molar-refractivity contribution in [3.05, 3.63) is 12.2 Å². The van der Waals surface area contributed by atoms with Gasteiger partial charge in [0.15, 0.2) is 0 Å². The van der Waals surface area contributed by atoms with E-state index >= 15 is 0 Å². The second-order valence-corrected chi connectivity index (χ2v) is 7.38. The Kier molecular flexibility index (Phi) is 10.6. The van der Waals surface area contributed by atoms with Crippen molar-refractivity contribution in [2.75, 3.05) is 24.6 Å². The highest BCUT2D eigenvalue weighted by atomic mass is 32.2. The number of rotatable bonds is 10. The van der Waals surface area contributed by atoms with Gasteiger partial charge in [-0.05, 0) is 31.4 Å². The largest absolute Gasteiger partial charge is 0.456 e. The van der Waals surface area contributed by atoms with E-state index in [4.69, 9.17) is 0 Å². The summed E-state index contributed by atoms with van der Waals surface area (Å²) in [5.74, 6) is 1.45. The number of nitrogens with one attached hydrogen (secondary N) is 2. The predicted octanol–water partition coefficient (Wildman–Crippen LogP) is 4.15. The second kappa shape index (κ2) is 11.6. The summed E-state index contributed by atoms with van der Waals surface area (Å²) in [6.07, 6.45) is 4.44. The van der Waals surface area contributed by atoms with Crippen LogP contribution in [0, 0.1) is 0 Å². The van der Waals surface area contributed by atoms with Gasteiger partial charge in [0.2, 0.25) is 0 Å². The van der Waals surface area contributed by atoms with Gasteiger partial charge >= 0.3 is 5.51 Å². The van der Waals surface area contributed by atoms with Gasteiger partial charge in [-0.15, -0.1) is 0 Å². The molecule has 22 heavy (non-hydrogen) atoms. The molecular formula is C12H19F4N3S3. The molecule has 1 rings (SSSR count). The Bertz CT molecular complexity index is 364. The summed E-state index contributed by atoms with van der Waals surface area (Å²) < 4.78 is 53.6. The Morgan fingerprint density at radius 2 is 2.05 bits per heavy atom. The van der Waals surface area contributed by atoms with Gasteiger partial charge in [-0.3, -0.25) is 9.71 Å². The van der Waals surface area contributed by atoms with E-state index in [1.54, 1.807) is 6.08 Å². The molecule has 0 aromatic carbocycles. The maximum atomic E-state index is 12.8. The number of alkyl halides is 4. The summed E-state index contributed by atoms with van der Waals surface area (Å²) in [6.45, 7) is 1.36. The van der Waals surface area contributed by atoms with Gasteiger partial charge in [0.1, 0.15) is 6.17 Å². The number of allylic oxidation sites excluding steroid dienone is 2. The predicted molar refractivity (Wildman–Crippen MR) is 89.9 cm³/mol. The minimum atomic E-state index is -4.23. The molecule has 1 atom stereocenters. The lowest BCUT2D eigenvalue weighted by Crippen LogP contribution is -2.13. The van der Waals surface area contributed by atoms with Gasteiger partial charge in [-0.25, -0.2) is 8.52 Å². The van der Waals surface area contributed by atoms with E-state index < -0.39 is 11.7 Å². The Labute approximate surface area is 140 Å². The first kappa shape index (κ1) is 20.1. The van der Waals surface area contributed by atoms with Gasteiger partial charge < -0.3 is 0 Å². The first-order valence-corrected chi connectivity index (χ1v) is 9.58. The SMILES string of the molecule is FC1C=CC(=NCCNSCCCSNSC(F)(F)F)CC1. The van der Waals surface area contributed by atoms with Crippen molar-refractivity contribution in [2.45, 2.75) is 30.9 Å². The molecule has 3 nitrogen and oxygen atoms in total. The normalized spacial score (nSPS) is 20.7. The van der Waals surface area contributed by atoms with Crippen molar-refractivity contribution in [3.8, 4) is 0 Å². The van der Waals surface area contributed by atoms with E-state index in [-0.39, 0.29) is 11.9 Å². The molecule has 0 aromatic heterocycles. The average Bonchev–Trinajstić information content (AvgIpc) is 2.45. The van der Waals surface area contributed by atoms with E-state index in [1.807, 2.05) is 0 Å². The third kappa shape index (κ3) is 11.6. The fourth-order valence-electron chi connectivity index (χ4n) is 1.52. The zero-order valence-electron chi connectivity index (χ0n) is 11.9. The summed E-state index contributed by atoms with van der Waals surface area (Å²) in [6, 6.07) is 0. The Morgan fingerprint density at radius 3 is 2.73 bits per heavy atom. The number of nitrogens with zero attached hydrogens (tertiary/aromatic N) is 1. The Morgan fingerprint density at radius 1 is 1.27 bits per heavy atom. The molecule has 0 radical (unpaired) electrons. The molecule has 128 valence electrons. The summed E-state index contributed by atoms with van der Waals surface area (Å²) >= 11 is 2.36. The molecule has 1 aliphatic rings. The van der Waals surface area contributed by atoms with Crippen LogP contribution in [0.15, 0.2) is 17.1 Å². The molecular weight excluding hydrogens is 358 g/mol. The highest BCUT2D eigenvalue weighted by molar-refractivity contribution is 8.13. The van der Waals surface area contributed by atoms with Gasteiger partial charge in [-0.2, -0.15) is 13.2 Å². The van der Waals surface area contributed by atoms with Gasteiger partial charge in [0.05, 0.1) is 6.54 Å². The molecule has 0 aromatic rings. The third-order valence-corrected chi connectivity index (χ3v) is 4.94. The smallest absolute Gasteiger partial charge is 0.288 e. The Hall–Kier alpha value is 0.1000. The molecule has 0 aliphatic heterocycles. The molecule has 0 heterocycles. The van der Waals surface area contributed by atoms with Crippen LogP contribution in [0.25, 0.3) is 0 Å². The number of halogens is 4. The Balaban J connectivity index is 1.86. The van der Waals surface area contributed by atoms with Crippen molar-refractivity contribution < 1.29 is 17.6 Å². The maximum Gasteiger partial charge on any atom is 0.456 e. The molecule has 0 saturated carbocycles. The van der Waals surface area contributed by atoms with E-state index in [0.717, 1.165) is 36.4 Å². The van der Waals surface area contributed by atoms with Crippen molar-refractivity contribution in [2.24, 2.45) is 4.99 Å². The van der Waals surface area contributed by atoms with E-state index in [9.17, 15) is 17.6 Å². The number of hydrogen-bond donors (Lipinski definition) is 2. The van der Waals surface area contributed by atoms with Crippen LogP contribution < -0.4 is 8.85 Å². The lowest BCUT2D eigenvalue weighted by Gasteiger charge is -2.10. The van der Waals surface area contributed by atoms with Crippen LogP contribution >= 0.6 is 35.8 Å². The van der Waals surface area contributed by atoms with E-state index in [0.29, 0.717) is 25.1 Å². The van der Waals surface area contributed by atoms with Crippen molar-refractivity contribution in [1.29, 1.82) is 0 Å². The van der Waals surface area contributed by atoms with Gasteiger partial charge in [0, 0.05) is 35.7 Å². The monoisotopic (exact) mass is 377 g/mol. The molecule has 2 N–H and O–H groups in total. The third-order valence-electron chi connectivity index (χ3n) is 2.51. The van der Waals surface area contributed by atoms with Crippen LogP contribution in [0.5, 0.6) is 0 Å². The first-order chi connectivity index (χ1) is 10.5. The molecule has 1 unspecified atom stereocenters. The maximum absolute atomic E-state index is 12.8. The van der Waals surface area contributed by atoms with Crippen LogP contribution in [-0.4, -0.2) is 42.0 Å². The molecule has 0 spiro atoms. The molecule has 1 aliphatic carbocycles. The summed E-state index contributed by atoms with van der Waals surface area (Å²) in [5, 5.41) is 0. The zero-order valence-corrected chi connectivity index (χ0v) is 14.3. The minimum Gasteiger partial charge on any atom is -0.288 e. The van der Waals surface area contributed by atoms with Crippen LogP contribution in [0.2, 0.25) is 0 Å². The second-order valence-electron chi connectivity index (χ2n) is 4.36. The van der Waals surface area contributed by atoms with Crippen molar-refractivity contribution in [3.63, 3.8) is 0 Å². The van der Waals surface area contributed by atoms with Crippen LogP contribution in [0.3, 0.4) is 0 Å². The van der Waals surface area contributed by atoms with Crippen LogP contribution in [0.4, 0.5) is 17.6 Å². The fourth-order valence-corrected chi connectivity index (χ4v) is 3.61. The van der Waals surface area contributed by atoms with Crippen LogP contribution in [0.1, 0.15) is 19.3 Å². The van der Waals surface area contributed by atoms with Crippen molar-refractivity contribution in [1.82, 2.24) is 8.85 Å². The summed E-state index contributed by atoms with van der Waals surface area (Å²) in [4.78, 5) is 4.36. The zero-order chi connectivity index (χ0) is 16.3. The summed E-state index contributed by atoms with van der Waals surface area (Å²) in [7, 11) is 0. The highest BCUT2D eigenvalue weighted by Gasteiger charge is 2.28. The fraction of sp³-hybridized carbons (Fsp3) is 0.750. The lowest BCUT2D eigenvalue weighted by atomic mass is 10.0. The topological polar surface area (TPSA) is 36.4 Å². The lowest BCUT2D eigenvalue weighted by molar-refractivity contribution is -0.0331. The minimum absolute atomic E-state index is 0.231. The number of hydrogen-bond acceptors (Lipinski definition) is 6. The van der Waals surface area contributed by atoms with Crippen LogP contribution in [-0.2, 0) is 0 Å². The molecule has 0 saturated heterocycles. The molecule has 10 heteroatoms. The van der Waals surface area contributed by atoms with Crippen molar-refractivity contribution >= 4 is 41.6 Å². The number of aliphatic imine (C=N–C) groups is 1. The van der Waals surface area contributed by atoms with E-state index in [1.165, 1.54) is 18.0 Å². The van der Waals surface area contributed by atoms with Gasteiger partial charge in [0.25, 0.3) is 0 Å². The molecule has 0 fully saturated rings. The van der Waals surface area contributed by atoms with E-state index in [2.05, 4.69) is 13.8 Å². The van der Waals surface area contributed by atoms with Gasteiger partial charge in [-0.1, -0.05) is 23.9 Å².